The number of nitro benzene ring substituents is 2. The zero-order valence-electron chi connectivity index (χ0n) is 16.2. The molecule has 0 unspecified atom stereocenters. The highest BCUT2D eigenvalue weighted by molar-refractivity contribution is 6.18. The van der Waals surface area contributed by atoms with E-state index in [1.54, 1.807) is 30.3 Å². The van der Waals surface area contributed by atoms with E-state index < -0.39 is 21.7 Å². The molecule has 4 rings (SSSR count). The van der Waals surface area contributed by atoms with Gasteiger partial charge >= 0.3 is 5.97 Å². The normalized spacial score (nSPS) is 13.1. The van der Waals surface area contributed by atoms with Crippen LogP contribution in [0.2, 0.25) is 0 Å². The van der Waals surface area contributed by atoms with E-state index in [4.69, 9.17) is 4.84 Å². The molecule has 3 aromatic carbocycles. The second kappa shape index (κ2) is 8.11. The molecule has 32 heavy (non-hydrogen) atoms. The van der Waals surface area contributed by atoms with Gasteiger partial charge in [-0.25, -0.2) is 4.79 Å². The first kappa shape index (κ1) is 20.4. The van der Waals surface area contributed by atoms with Crippen LogP contribution in [0.5, 0.6) is 0 Å². The molecule has 10 heteroatoms. The van der Waals surface area contributed by atoms with Gasteiger partial charge in [-0.3, -0.25) is 20.2 Å². The van der Waals surface area contributed by atoms with Crippen molar-refractivity contribution in [3.05, 3.63) is 122 Å². The summed E-state index contributed by atoms with van der Waals surface area (Å²) in [7, 11) is 0. The van der Waals surface area contributed by atoms with Gasteiger partial charge in [0.05, 0.1) is 21.0 Å². The minimum absolute atomic E-state index is 0.110. The van der Waals surface area contributed by atoms with Crippen LogP contribution >= 0.6 is 0 Å². The smallest absolute Gasteiger partial charge is 0.417 e. The highest BCUT2D eigenvalue weighted by Gasteiger charge is 2.38. The highest BCUT2D eigenvalue weighted by Crippen LogP contribution is 2.27. The number of hydrogen-bond acceptors (Lipinski definition) is 7. The summed E-state index contributed by atoms with van der Waals surface area (Å²) >= 11 is 0. The fraction of sp³-hybridized carbons (Fsp3) is 0. The Bertz CT molecular complexity index is 1240. The number of carbonyl (C=O) groups excluding carboxylic acids is 1. The molecule has 1 heterocycles. The summed E-state index contributed by atoms with van der Waals surface area (Å²) in [5, 5.41) is 35.2. The maximum absolute atomic E-state index is 13.2. The minimum Gasteiger partial charge on any atom is -0.819 e. The Hall–Kier alpha value is -4.86. The first-order valence-electron chi connectivity index (χ1n) is 9.22. The van der Waals surface area contributed by atoms with E-state index in [0.29, 0.717) is 16.7 Å². The molecule has 3 aromatic rings. The quantitative estimate of drug-likeness (QED) is 0.262. The third kappa shape index (κ3) is 3.67. The summed E-state index contributed by atoms with van der Waals surface area (Å²) in [6.07, 6.45) is 0. The molecule has 0 atom stereocenters. The van der Waals surface area contributed by atoms with E-state index in [-0.39, 0.29) is 22.7 Å². The fourth-order valence-corrected chi connectivity index (χ4v) is 3.24. The van der Waals surface area contributed by atoms with Crippen LogP contribution in [-0.4, -0.2) is 26.3 Å². The third-order valence-corrected chi connectivity index (χ3v) is 4.75. The maximum atomic E-state index is 13.2. The van der Waals surface area contributed by atoms with Gasteiger partial charge in [-0.2, -0.15) is 4.84 Å². The van der Waals surface area contributed by atoms with Crippen LogP contribution in [0.15, 0.2) is 84.7 Å². The molecule has 0 saturated carbocycles. The Morgan fingerprint density at radius 3 is 1.66 bits per heavy atom. The highest BCUT2D eigenvalue weighted by atomic mass is 16.7. The fourth-order valence-electron chi connectivity index (χ4n) is 3.24. The molecule has 0 spiro atoms. The summed E-state index contributed by atoms with van der Waals surface area (Å²) in [6.45, 7) is 0. The Balaban J connectivity index is 1.93. The third-order valence-electron chi connectivity index (χ3n) is 4.75. The van der Waals surface area contributed by atoms with Gasteiger partial charge in [-0.15, -0.1) is 0 Å². The predicted octanol–water partition coefficient (Wildman–Crippen LogP) is 2.55. The second-order valence-corrected chi connectivity index (χ2v) is 6.68. The first-order chi connectivity index (χ1) is 15.4. The molecule has 0 fully saturated rings. The molecule has 0 aromatic heterocycles. The van der Waals surface area contributed by atoms with Gasteiger partial charge in [0, 0.05) is 29.0 Å². The van der Waals surface area contributed by atoms with Crippen LogP contribution in [0.4, 0.5) is 11.4 Å². The molecule has 0 amide bonds. The summed E-state index contributed by atoms with van der Waals surface area (Å²) in [5.74, 6) is -1.59. The largest absolute Gasteiger partial charge is 0.819 e. The van der Waals surface area contributed by atoms with Crippen LogP contribution in [0.3, 0.4) is 0 Å². The number of nitro groups is 2. The van der Waals surface area contributed by atoms with Crippen molar-refractivity contribution in [2.75, 3.05) is 0 Å². The Morgan fingerprint density at radius 2 is 1.22 bits per heavy atom. The van der Waals surface area contributed by atoms with Crippen molar-refractivity contribution in [1.29, 1.82) is 0 Å². The van der Waals surface area contributed by atoms with Gasteiger partial charge in [-0.05, 0) is 29.8 Å². The minimum atomic E-state index is -0.859. The molecule has 10 nitrogen and oxygen atoms in total. The number of benzene rings is 3. The average molecular weight is 431 g/mol. The van der Waals surface area contributed by atoms with Crippen LogP contribution < -0.4 is 5.11 Å². The van der Waals surface area contributed by atoms with Crippen molar-refractivity contribution in [2.45, 2.75) is 0 Å². The van der Waals surface area contributed by atoms with E-state index >= 15 is 0 Å². The van der Waals surface area contributed by atoms with Crippen LogP contribution in [0, 0.1) is 20.2 Å². The molecule has 0 saturated heterocycles. The summed E-state index contributed by atoms with van der Waals surface area (Å²) in [6, 6.07) is 18.8. The molecule has 1 aliphatic heterocycles. The van der Waals surface area contributed by atoms with Gasteiger partial charge in [0.25, 0.3) is 17.1 Å². The lowest BCUT2D eigenvalue weighted by Crippen LogP contribution is -2.26. The number of nitrogens with zero attached hydrogens (tertiary/aromatic N) is 3. The number of carbonyl (C=O) groups is 1. The molecule has 0 radical (unpaired) electrons. The number of hydrogen-bond donors (Lipinski definition) is 0. The van der Waals surface area contributed by atoms with Crippen LogP contribution in [0.25, 0.3) is 5.57 Å². The first-order valence-corrected chi connectivity index (χ1v) is 9.22. The standard InChI is InChI=1S/C22H13N3O7/c26-21-19(14-4-2-1-3-5-14)22(27)32-23(21)20(15-6-10-17(11-7-15)24(28)29)16-8-12-18(13-9-16)25(30)31/h1-13H. The van der Waals surface area contributed by atoms with Crippen LogP contribution in [-0.2, 0) is 9.63 Å². The van der Waals surface area contributed by atoms with E-state index in [1.165, 1.54) is 48.5 Å². The zero-order valence-corrected chi connectivity index (χ0v) is 16.2. The average Bonchev–Trinajstić information content (AvgIpc) is 3.08. The summed E-state index contributed by atoms with van der Waals surface area (Å²) in [5.41, 5.74) is 0.638. The van der Waals surface area contributed by atoms with Gasteiger partial charge < -0.3 is 5.11 Å². The molecule has 1 aliphatic rings. The number of hydroxylamine groups is 1. The van der Waals surface area contributed by atoms with Crippen LogP contribution in [0.1, 0.15) is 16.7 Å². The topological polar surface area (TPSA) is 139 Å². The lowest BCUT2D eigenvalue weighted by Gasteiger charge is -2.08. The predicted molar refractivity (Wildman–Crippen MR) is 109 cm³/mol. The lowest BCUT2D eigenvalue weighted by molar-refractivity contribution is -0.772. The van der Waals surface area contributed by atoms with Gasteiger partial charge in [0.2, 0.25) is 5.88 Å². The monoisotopic (exact) mass is 431 g/mol. The van der Waals surface area contributed by atoms with Gasteiger partial charge in [0.1, 0.15) is 5.57 Å². The van der Waals surface area contributed by atoms with Crippen molar-refractivity contribution in [3.8, 4) is 0 Å². The van der Waals surface area contributed by atoms with E-state index in [0.717, 1.165) is 4.74 Å². The molecular formula is C22H13N3O7. The molecule has 158 valence electrons. The second-order valence-electron chi connectivity index (χ2n) is 6.68. The molecule has 0 bridgehead atoms. The SMILES string of the molecule is O=C1O[N+](=C(c2ccc([N+](=O)[O-])cc2)c2ccc([N+](=O)[O-])cc2)C([O-])=C1c1ccccc1. The van der Waals surface area contributed by atoms with Gasteiger partial charge in [-0.1, -0.05) is 30.3 Å². The van der Waals surface area contributed by atoms with Crippen molar-refractivity contribution in [1.82, 2.24) is 0 Å². The van der Waals surface area contributed by atoms with E-state index in [9.17, 15) is 30.1 Å². The maximum Gasteiger partial charge on any atom is 0.417 e. The van der Waals surface area contributed by atoms with E-state index in [2.05, 4.69) is 0 Å². The van der Waals surface area contributed by atoms with Crippen molar-refractivity contribution < 1.29 is 29.3 Å². The Kier molecular flexibility index (Phi) is 5.17. The number of rotatable bonds is 5. The number of non-ortho nitro benzene ring substituents is 2. The van der Waals surface area contributed by atoms with E-state index in [1.807, 2.05) is 0 Å². The molecule has 0 aliphatic carbocycles. The zero-order chi connectivity index (χ0) is 22.8. The Morgan fingerprint density at radius 1 is 0.750 bits per heavy atom. The Labute approximate surface area is 180 Å². The van der Waals surface area contributed by atoms with Crippen molar-refractivity contribution in [2.24, 2.45) is 0 Å². The lowest BCUT2D eigenvalue weighted by atomic mass is 10.0. The summed E-state index contributed by atoms with van der Waals surface area (Å²) in [4.78, 5) is 38.7. The van der Waals surface area contributed by atoms with Crippen molar-refractivity contribution in [3.63, 3.8) is 0 Å². The summed E-state index contributed by atoms with van der Waals surface area (Å²) < 4.78 is 0.799. The molecular weight excluding hydrogens is 418 g/mol. The van der Waals surface area contributed by atoms with Crippen molar-refractivity contribution >= 4 is 28.6 Å². The van der Waals surface area contributed by atoms with Gasteiger partial charge in [0.15, 0.2) is 0 Å². The molecule has 0 N–H and O–H groups in total.